The van der Waals surface area contributed by atoms with Crippen LogP contribution in [0.3, 0.4) is 0 Å². The van der Waals surface area contributed by atoms with Crippen molar-refractivity contribution in [3.8, 4) is 0 Å². The highest BCUT2D eigenvalue weighted by Crippen LogP contribution is 2.36. The summed E-state index contributed by atoms with van der Waals surface area (Å²) in [5.41, 5.74) is 6.36. The predicted molar refractivity (Wildman–Crippen MR) is 76.9 cm³/mol. The molecule has 0 spiro atoms. The van der Waals surface area contributed by atoms with Crippen LogP contribution in [-0.4, -0.2) is 5.11 Å². The maximum absolute atomic E-state index is 10.6. The van der Waals surface area contributed by atoms with E-state index in [1.54, 1.807) is 0 Å². The zero-order valence-corrected chi connectivity index (χ0v) is 12.2. The van der Waals surface area contributed by atoms with Gasteiger partial charge in [-0.15, -0.1) is 0 Å². The van der Waals surface area contributed by atoms with E-state index < -0.39 is 0 Å². The van der Waals surface area contributed by atoms with Gasteiger partial charge in [0.25, 0.3) is 0 Å². The van der Waals surface area contributed by atoms with Crippen molar-refractivity contribution in [3.63, 3.8) is 0 Å². The van der Waals surface area contributed by atoms with Crippen molar-refractivity contribution in [2.45, 2.75) is 65.9 Å². The van der Waals surface area contributed by atoms with Gasteiger partial charge in [-0.2, -0.15) is 0 Å². The number of rotatable bonds is 3. The molecule has 0 heterocycles. The molecule has 0 bridgehead atoms. The van der Waals surface area contributed by atoms with Crippen LogP contribution in [0.15, 0.2) is 6.07 Å². The Kier molecular flexibility index (Phi) is 4.11. The highest BCUT2D eigenvalue weighted by atomic mass is 16.3. The molecule has 0 saturated heterocycles. The molecule has 0 aromatic heterocycles. The normalized spacial score (nSPS) is 18.3. The van der Waals surface area contributed by atoms with Crippen molar-refractivity contribution in [2.75, 3.05) is 0 Å². The highest BCUT2D eigenvalue weighted by molar-refractivity contribution is 5.45. The second-order valence-corrected chi connectivity index (χ2v) is 6.08. The van der Waals surface area contributed by atoms with Gasteiger partial charge in [0, 0.05) is 0 Å². The third-order valence-corrected chi connectivity index (χ3v) is 4.79. The van der Waals surface area contributed by atoms with E-state index >= 15 is 0 Å². The molecule has 0 amide bonds. The molecule has 1 aliphatic carbocycles. The summed E-state index contributed by atoms with van der Waals surface area (Å²) in [7, 11) is 0. The van der Waals surface area contributed by atoms with Gasteiger partial charge in [-0.1, -0.05) is 31.7 Å². The number of benzene rings is 1. The van der Waals surface area contributed by atoms with Crippen LogP contribution in [0.4, 0.5) is 0 Å². The quantitative estimate of drug-likeness (QED) is 0.830. The minimum absolute atomic E-state index is 0.272. The van der Waals surface area contributed by atoms with E-state index in [0.29, 0.717) is 0 Å². The lowest BCUT2D eigenvalue weighted by Gasteiger charge is -2.22. The van der Waals surface area contributed by atoms with Gasteiger partial charge in [0.15, 0.2) is 0 Å². The van der Waals surface area contributed by atoms with Crippen LogP contribution < -0.4 is 0 Å². The van der Waals surface area contributed by atoms with Crippen LogP contribution in [0.5, 0.6) is 0 Å². The van der Waals surface area contributed by atoms with Crippen LogP contribution in [0.25, 0.3) is 0 Å². The predicted octanol–water partition coefficient (Wildman–Crippen LogP) is 4.53. The third kappa shape index (κ3) is 2.61. The molecule has 1 aromatic rings. The standard InChI is InChI=1S/C17H26O/c1-11-9-12(2)14(4)17(13(11)3)16(18)10-15-7-5-6-8-15/h9,15-16,18H,5-8,10H2,1-4H3. The summed E-state index contributed by atoms with van der Waals surface area (Å²) in [6, 6.07) is 2.23. The molecule has 1 fully saturated rings. The monoisotopic (exact) mass is 246 g/mol. The summed E-state index contributed by atoms with van der Waals surface area (Å²) in [6.45, 7) is 8.59. The molecule has 1 unspecified atom stereocenters. The molecule has 1 N–H and O–H groups in total. The molecule has 1 aliphatic rings. The summed E-state index contributed by atoms with van der Waals surface area (Å²) in [5, 5.41) is 10.6. The molecule has 0 radical (unpaired) electrons. The van der Waals surface area contributed by atoms with Crippen molar-refractivity contribution >= 4 is 0 Å². The van der Waals surface area contributed by atoms with Crippen LogP contribution >= 0.6 is 0 Å². The zero-order chi connectivity index (χ0) is 13.3. The van der Waals surface area contributed by atoms with Crippen molar-refractivity contribution in [1.29, 1.82) is 0 Å². The van der Waals surface area contributed by atoms with Crippen LogP contribution in [0, 0.1) is 33.6 Å². The lowest BCUT2D eigenvalue weighted by Crippen LogP contribution is -2.09. The highest BCUT2D eigenvalue weighted by Gasteiger charge is 2.22. The van der Waals surface area contributed by atoms with E-state index in [2.05, 4.69) is 33.8 Å². The van der Waals surface area contributed by atoms with Gasteiger partial charge in [0.1, 0.15) is 0 Å². The summed E-state index contributed by atoms with van der Waals surface area (Å²) >= 11 is 0. The molecule has 0 aliphatic heterocycles. The second-order valence-electron chi connectivity index (χ2n) is 6.08. The molecule has 2 rings (SSSR count). The van der Waals surface area contributed by atoms with Gasteiger partial charge in [-0.3, -0.25) is 0 Å². The minimum atomic E-state index is -0.272. The van der Waals surface area contributed by atoms with Crippen LogP contribution in [-0.2, 0) is 0 Å². The van der Waals surface area contributed by atoms with Crippen molar-refractivity contribution in [1.82, 2.24) is 0 Å². The SMILES string of the molecule is Cc1cc(C)c(C)c(C(O)CC2CCCC2)c1C. The first-order chi connectivity index (χ1) is 8.50. The maximum Gasteiger partial charge on any atom is 0.0798 e. The first kappa shape index (κ1) is 13.6. The molecule has 100 valence electrons. The van der Waals surface area contributed by atoms with Gasteiger partial charge < -0.3 is 5.11 Å². The minimum Gasteiger partial charge on any atom is -0.388 e. The largest absolute Gasteiger partial charge is 0.388 e. The lowest BCUT2D eigenvalue weighted by atomic mass is 9.87. The Hall–Kier alpha value is -0.820. The first-order valence-corrected chi connectivity index (χ1v) is 7.26. The Bertz CT molecular complexity index is 401. The Morgan fingerprint density at radius 2 is 1.56 bits per heavy atom. The van der Waals surface area contributed by atoms with E-state index in [0.717, 1.165) is 12.3 Å². The molecule has 1 atom stereocenters. The lowest BCUT2D eigenvalue weighted by molar-refractivity contribution is 0.143. The summed E-state index contributed by atoms with van der Waals surface area (Å²) in [5.74, 6) is 0.736. The smallest absolute Gasteiger partial charge is 0.0798 e. The zero-order valence-electron chi connectivity index (χ0n) is 12.2. The maximum atomic E-state index is 10.6. The summed E-state index contributed by atoms with van der Waals surface area (Å²) < 4.78 is 0. The number of aliphatic hydroxyl groups is 1. The average molecular weight is 246 g/mol. The second kappa shape index (κ2) is 5.44. The van der Waals surface area contributed by atoms with Crippen LogP contribution in [0.2, 0.25) is 0 Å². The first-order valence-electron chi connectivity index (χ1n) is 7.26. The third-order valence-electron chi connectivity index (χ3n) is 4.79. The van der Waals surface area contributed by atoms with E-state index in [9.17, 15) is 5.11 Å². The summed E-state index contributed by atoms with van der Waals surface area (Å²) in [4.78, 5) is 0. The fourth-order valence-electron chi connectivity index (χ4n) is 3.43. The van der Waals surface area contributed by atoms with E-state index in [-0.39, 0.29) is 6.10 Å². The van der Waals surface area contributed by atoms with Crippen molar-refractivity contribution in [3.05, 3.63) is 33.9 Å². The van der Waals surface area contributed by atoms with Gasteiger partial charge >= 0.3 is 0 Å². The molecule has 1 heteroatoms. The fraction of sp³-hybridized carbons (Fsp3) is 0.647. The number of aliphatic hydroxyl groups excluding tert-OH is 1. The number of hydrogen-bond donors (Lipinski definition) is 1. The van der Waals surface area contributed by atoms with Gasteiger partial charge in [0.2, 0.25) is 0 Å². The average Bonchev–Trinajstić information content (AvgIpc) is 2.79. The summed E-state index contributed by atoms with van der Waals surface area (Å²) in [6.07, 6.45) is 5.99. The van der Waals surface area contributed by atoms with E-state index in [1.807, 2.05) is 0 Å². The molecule has 1 aromatic carbocycles. The van der Waals surface area contributed by atoms with Gasteiger partial charge in [-0.25, -0.2) is 0 Å². The molecular formula is C17H26O. The molecule has 1 nitrogen and oxygen atoms in total. The van der Waals surface area contributed by atoms with E-state index in [4.69, 9.17) is 0 Å². The molecule has 1 saturated carbocycles. The fourth-order valence-corrected chi connectivity index (χ4v) is 3.43. The Balaban J connectivity index is 2.25. The molecule has 18 heavy (non-hydrogen) atoms. The Labute approximate surface area is 111 Å². The van der Waals surface area contributed by atoms with Gasteiger partial charge in [0.05, 0.1) is 6.10 Å². The topological polar surface area (TPSA) is 20.2 Å². The Morgan fingerprint density at radius 1 is 1.06 bits per heavy atom. The van der Waals surface area contributed by atoms with Crippen LogP contribution in [0.1, 0.15) is 66.0 Å². The number of aryl methyl sites for hydroxylation is 2. The van der Waals surface area contributed by atoms with E-state index in [1.165, 1.54) is 53.5 Å². The number of hydrogen-bond acceptors (Lipinski definition) is 1. The van der Waals surface area contributed by atoms with Crippen molar-refractivity contribution in [2.24, 2.45) is 5.92 Å². The van der Waals surface area contributed by atoms with Crippen molar-refractivity contribution < 1.29 is 5.11 Å². The molecular weight excluding hydrogens is 220 g/mol. The Morgan fingerprint density at radius 3 is 2.06 bits per heavy atom. The van der Waals surface area contributed by atoms with Gasteiger partial charge in [-0.05, 0) is 67.9 Å².